The number of nitrogens with one attached hydrogen (secondary N) is 1. The fraction of sp³-hybridized carbons (Fsp3) is 0.923. The van der Waals surface area contributed by atoms with E-state index in [0.29, 0.717) is 0 Å². The summed E-state index contributed by atoms with van der Waals surface area (Å²) in [5.41, 5.74) is -0.123. The van der Waals surface area contributed by atoms with Crippen LogP contribution in [0.5, 0.6) is 0 Å². The minimum atomic E-state index is -0.248. The van der Waals surface area contributed by atoms with E-state index >= 15 is 0 Å². The van der Waals surface area contributed by atoms with Gasteiger partial charge in [0.15, 0.2) is 0 Å². The Morgan fingerprint density at radius 3 is 2.39 bits per heavy atom. The van der Waals surface area contributed by atoms with Crippen LogP contribution < -0.4 is 5.32 Å². The zero-order valence-electron chi connectivity index (χ0n) is 11.0. The van der Waals surface area contributed by atoms with Gasteiger partial charge in [0.2, 0.25) is 5.91 Å². The van der Waals surface area contributed by atoms with Crippen LogP contribution in [-0.4, -0.2) is 21.0 Å². The van der Waals surface area contributed by atoms with Crippen molar-refractivity contribution in [3.8, 4) is 0 Å². The first-order valence-electron chi connectivity index (χ1n) is 6.49. The summed E-state index contributed by atoms with van der Waals surface area (Å²) in [7, 11) is 0. The Kier molecular flexibility index (Phi) is 4.02. The molecule has 0 radical (unpaired) electrons. The van der Waals surface area contributed by atoms with Gasteiger partial charge in [0.25, 0.3) is 0 Å². The molecule has 2 nitrogen and oxygen atoms in total. The maximum Gasteiger partial charge on any atom is 0.227 e. The van der Waals surface area contributed by atoms with Crippen LogP contribution in [0.25, 0.3) is 0 Å². The lowest BCUT2D eigenvalue weighted by molar-refractivity contribution is -0.161. The van der Waals surface area contributed by atoms with E-state index in [1.54, 1.807) is 0 Å². The summed E-state index contributed by atoms with van der Waals surface area (Å²) in [6.45, 7) is 7.33. The number of hydrogen-bond acceptors (Lipinski definition) is 1. The van der Waals surface area contributed by atoms with Gasteiger partial charge in [-0.05, 0) is 24.7 Å². The molecule has 0 aromatic rings. The lowest BCUT2D eigenvalue weighted by Gasteiger charge is -2.66. The van der Waals surface area contributed by atoms with Crippen molar-refractivity contribution in [1.29, 1.82) is 0 Å². The molecule has 18 heavy (non-hydrogen) atoms. The van der Waals surface area contributed by atoms with Gasteiger partial charge in [-0.1, -0.05) is 68.6 Å². The molecule has 1 amide bonds. The van der Waals surface area contributed by atoms with Crippen molar-refractivity contribution in [1.82, 2.24) is 5.32 Å². The molecular weight excluding hydrogens is 426 g/mol. The van der Waals surface area contributed by atoms with Gasteiger partial charge in [-0.25, -0.2) is 0 Å². The molecule has 0 spiro atoms. The van der Waals surface area contributed by atoms with Gasteiger partial charge < -0.3 is 5.32 Å². The van der Waals surface area contributed by atoms with Gasteiger partial charge in [-0.3, -0.25) is 4.79 Å². The van der Waals surface area contributed by atoms with Gasteiger partial charge in [-0.15, -0.1) is 0 Å². The quantitative estimate of drug-likeness (QED) is 0.645. The third-order valence-electron chi connectivity index (χ3n) is 5.43. The normalized spacial score (nSPS) is 40.7. The smallest absolute Gasteiger partial charge is 0.227 e. The molecule has 0 aliphatic heterocycles. The zero-order chi connectivity index (χ0) is 13.8. The second-order valence-corrected chi connectivity index (χ2v) is 10.0. The lowest BCUT2D eigenvalue weighted by Crippen LogP contribution is -2.72. The Morgan fingerprint density at radius 1 is 1.39 bits per heavy atom. The third-order valence-corrected chi connectivity index (χ3v) is 8.66. The van der Waals surface area contributed by atoms with Gasteiger partial charge in [0.1, 0.15) is 0 Å². The van der Waals surface area contributed by atoms with Crippen molar-refractivity contribution in [2.75, 3.05) is 6.54 Å². The van der Waals surface area contributed by atoms with Crippen LogP contribution in [0.3, 0.4) is 0 Å². The fourth-order valence-electron chi connectivity index (χ4n) is 4.09. The molecule has 3 fully saturated rings. The Hall–Kier alpha value is 0.910. The van der Waals surface area contributed by atoms with Crippen molar-refractivity contribution in [3.05, 3.63) is 0 Å². The fourth-order valence-corrected chi connectivity index (χ4v) is 9.01. The number of carbonyl (C=O) groups excluding carboxylic acids is 1. The van der Waals surface area contributed by atoms with Gasteiger partial charge in [-0.2, -0.15) is 0 Å². The molecule has 0 aromatic carbocycles. The molecule has 5 heteroatoms. The molecule has 2 bridgehead atoms. The average Bonchev–Trinajstić information content (AvgIpc) is 2.75. The first-order valence-corrected chi connectivity index (χ1v) is 9.24. The SMILES string of the molecule is CCCNC(=O)[C@@]12CC[C@](C(Br)Br)([C@@H]1Br)C2(C)C. The summed E-state index contributed by atoms with van der Waals surface area (Å²) in [5.74, 6) is 0.227. The van der Waals surface area contributed by atoms with Gasteiger partial charge >= 0.3 is 0 Å². The number of halogens is 3. The number of carbonyl (C=O) groups is 1. The average molecular weight is 446 g/mol. The summed E-state index contributed by atoms with van der Waals surface area (Å²) in [6, 6.07) is 0. The highest BCUT2D eigenvalue weighted by Crippen LogP contribution is 2.82. The van der Waals surface area contributed by atoms with E-state index < -0.39 is 0 Å². The highest BCUT2D eigenvalue weighted by molar-refractivity contribution is 9.24. The van der Waals surface area contributed by atoms with Gasteiger partial charge in [0, 0.05) is 16.8 Å². The predicted molar refractivity (Wildman–Crippen MR) is 85.5 cm³/mol. The molecule has 3 aliphatic carbocycles. The van der Waals surface area contributed by atoms with Crippen molar-refractivity contribution in [2.24, 2.45) is 16.2 Å². The number of alkyl halides is 3. The second-order valence-electron chi connectivity index (χ2n) is 6.06. The molecule has 0 heterocycles. The summed E-state index contributed by atoms with van der Waals surface area (Å²) < 4.78 is 0.242. The summed E-state index contributed by atoms with van der Waals surface area (Å²) in [6.07, 6.45) is 3.04. The van der Waals surface area contributed by atoms with E-state index in [0.717, 1.165) is 25.8 Å². The first kappa shape index (κ1) is 15.3. The van der Waals surface area contributed by atoms with Crippen molar-refractivity contribution < 1.29 is 4.79 Å². The summed E-state index contributed by atoms with van der Waals surface area (Å²) in [5, 5.41) is 3.10. The van der Waals surface area contributed by atoms with E-state index in [2.05, 4.69) is 73.9 Å². The highest BCUT2D eigenvalue weighted by Gasteiger charge is 2.83. The predicted octanol–water partition coefficient (Wildman–Crippen LogP) is 4.20. The van der Waals surface area contributed by atoms with E-state index in [1.165, 1.54) is 0 Å². The Bertz CT molecular complexity index is 371. The summed E-state index contributed by atoms with van der Waals surface area (Å²) in [4.78, 5) is 12.8. The minimum absolute atomic E-state index is 0.00363. The number of hydrogen-bond donors (Lipinski definition) is 1. The Balaban J connectivity index is 2.30. The number of rotatable bonds is 4. The van der Waals surface area contributed by atoms with Crippen LogP contribution in [-0.2, 0) is 4.79 Å². The molecule has 3 rings (SSSR count). The summed E-state index contributed by atoms with van der Waals surface area (Å²) >= 11 is 11.2. The Labute approximate surface area is 134 Å². The van der Waals surface area contributed by atoms with Crippen molar-refractivity contribution >= 4 is 53.7 Å². The van der Waals surface area contributed by atoms with E-state index in [1.807, 2.05) is 0 Å². The monoisotopic (exact) mass is 443 g/mol. The van der Waals surface area contributed by atoms with Crippen LogP contribution in [0, 0.1) is 16.2 Å². The van der Waals surface area contributed by atoms with Crippen LogP contribution in [0.4, 0.5) is 0 Å². The van der Waals surface area contributed by atoms with E-state index in [4.69, 9.17) is 0 Å². The molecule has 0 unspecified atom stereocenters. The van der Waals surface area contributed by atoms with Crippen LogP contribution in [0.1, 0.15) is 40.0 Å². The standard InChI is InChI=1S/C13H20Br3NO/c1-4-7-17-10(18)13-6-5-12(8(13)14,9(15)16)11(13,2)3/h8-9H,4-7H2,1-3H3,(H,17,18)/t8-,12+,13+/m0/s1. The maximum absolute atomic E-state index is 12.6. The van der Waals surface area contributed by atoms with Crippen LogP contribution in [0.15, 0.2) is 0 Å². The molecule has 104 valence electrons. The topological polar surface area (TPSA) is 29.1 Å². The van der Waals surface area contributed by atoms with E-state index in [-0.39, 0.29) is 30.7 Å². The maximum atomic E-state index is 12.6. The van der Waals surface area contributed by atoms with Crippen LogP contribution in [0.2, 0.25) is 0 Å². The Morgan fingerprint density at radius 2 is 2.00 bits per heavy atom. The van der Waals surface area contributed by atoms with E-state index in [9.17, 15) is 4.79 Å². The number of fused-ring (bicyclic) bond motifs is 1. The zero-order valence-corrected chi connectivity index (χ0v) is 15.8. The molecule has 1 N–H and O–H groups in total. The molecular formula is C13H20Br3NO. The molecule has 0 aromatic heterocycles. The number of amides is 1. The minimum Gasteiger partial charge on any atom is -0.356 e. The third kappa shape index (κ3) is 1.47. The first-order chi connectivity index (χ1) is 8.29. The molecule has 3 aliphatic rings. The molecule has 3 saturated carbocycles. The molecule has 0 saturated heterocycles. The molecule has 3 atom stereocenters. The lowest BCUT2D eigenvalue weighted by atomic mass is 9.43. The highest BCUT2D eigenvalue weighted by atomic mass is 79.9. The van der Waals surface area contributed by atoms with Crippen LogP contribution >= 0.6 is 47.8 Å². The van der Waals surface area contributed by atoms with Crippen molar-refractivity contribution in [2.45, 2.75) is 48.6 Å². The largest absolute Gasteiger partial charge is 0.356 e. The van der Waals surface area contributed by atoms with Gasteiger partial charge in [0.05, 0.1) is 9.15 Å². The second kappa shape index (κ2) is 4.73. The van der Waals surface area contributed by atoms with Crippen molar-refractivity contribution in [3.63, 3.8) is 0 Å².